The normalized spacial score (nSPS) is 33.4. The summed E-state index contributed by atoms with van der Waals surface area (Å²) in [5.41, 5.74) is 0. The number of amides is 1. The summed E-state index contributed by atoms with van der Waals surface area (Å²) in [6.07, 6.45) is 7.57. The number of piperidine rings is 1. The molecule has 4 heteroatoms. The average molecular weight is 279 g/mol. The fraction of sp³-hybridized carbons (Fsp3) is 0.938. The Balaban J connectivity index is 1.48. The van der Waals surface area contributed by atoms with E-state index in [0.717, 1.165) is 25.7 Å². The van der Waals surface area contributed by atoms with E-state index in [9.17, 15) is 4.79 Å². The van der Waals surface area contributed by atoms with E-state index in [1.165, 1.54) is 38.5 Å². The van der Waals surface area contributed by atoms with Crippen LogP contribution in [0.1, 0.15) is 52.4 Å². The minimum absolute atomic E-state index is 0.0237. The van der Waals surface area contributed by atoms with Crippen LogP contribution in [0.15, 0.2) is 0 Å². The molecule has 3 rings (SSSR count). The van der Waals surface area contributed by atoms with Gasteiger partial charge in [0.1, 0.15) is 0 Å². The van der Waals surface area contributed by atoms with Gasteiger partial charge in [-0.25, -0.2) is 0 Å². The van der Waals surface area contributed by atoms with Crippen LogP contribution in [0.3, 0.4) is 0 Å². The van der Waals surface area contributed by atoms with Crippen molar-refractivity contribution < 1.29 is 4.79 Å². The van der Waals surface area contributed by atoms with Crippen molar-refractivity contribution in [2.75, 3.05) is 19.6 Å². The van der Waals surface area contributed by atoms with E-state index in [-0.39, 0.29) is 6.04 Å². The Morgan fingerprint density at radius 3 is 2.55 bits per heavy atom. The standard InChI is InChI=1S/C16H29N3O/c1-12-10-14(11-19(12)15-6-7-15)17-13(2)16(20)18-8-4-3-5-9-18/h12-15,17H,3-11H2,1-2H3. The van der Waals surface area contributed by atoms with Gasteiger partial charge in [0.15, 0.2) is 0 Å². The Kier molecular flexibility index (Phi) is 4.32. The highest BCUT2D eigenvalue weighted by Gasteiger charge is 2.39. The third-order valence-electron chi connectivity index (χ3n) is 5.16. The van der Waals surface area contributed by atoms with Crippen LogP contribution >= 0.6 is 0 Å². The molecule has 1 saturated carbocycles. The maximum absolute atomic E-state index is 12.4. The van der Waals surface area contributed by atoms with Crippen LogP contribution in [0.4, 0.5) is 0 Å². The molecule has 20 heavy (non-hydrogen) atoms. The van der Waals surface area contributed by atoms with Crippen LogP contribution in [0, 0.1) is 0 Å². The highest BCUT2D eigenvalue weighted by atomic mass is 16.2. The van der Waals surface area contributed by atoms with Crippen molar-refractivity contribution in [3.63, 3.8) is 0 Å². The van der Waals surface area contributed by atoms with Gasteiger partial charge < -0.3 is 10.2 Å². The molecule has 0 aromatic heterocycles. The molecule has 0 bridgehead atoms. The lowest BCUT2D eigenvalue weighted by Gasteiger charge is -2.30. The highest BCUT2D eigenvalue weighted by molar-refractivity contribution is 5.81. The van der Waals surface area contributed by atoms with E-state index in [4.69, 9.17) is 0 Å². The molecule has 2 heterocycles. The van der Waals surface area contributed by atoms with Gasteiger partial charge in [-0.2, -0.15) is 0 Å². The second-order valence-electron chi connectivity index (χ2n) is 6.98. The molecule has 3 fully saturated rings. The van der Waals surface area contributed by atoms with Crippen LogP contribution in [-0.2, 0) is 4.79 Å². The van der Waals surface area contributed by atoms with Gasteiger partial charge in [0.25, 0.3) is 0 Å². The van der Waals surface area contributed by atoms with E-state index in [1.54, 1.807) is 0 Å². The molecular weight excluding hydrogens is 250 g/mol. The van der Waals surface area contributed by atoms with Gasteiger partial charge in [0, 0.05) is 37.8 Å². The Labute approximate surface area is 122 Å². The molecule has 3 aliphatic rings. The van der Waals surface area contributed by atoms with Gasteiger partial charge in [-0.15, -0.1) is 0 Å². The van der Waals surface area contributed by atoms with E-state index >= 15 is 0 Å². The average Bonchev–Trinajstić information content (AvgIpc) is 3.23. The molecule has 2 aliphatic heterocycles. The predicted molar refractivity (Wildman–Crippen MR) is 80.6 cm³/mol. The molecule has 0 aromatic carbocycles. The third kappa shape index (κ3) is 3.17. The minimum Gasteiger partial charge on any atom is -0.341 e. The van der Waals surface area contributed by atoms with Gasteiger partial charge in [0.2, 0.25) is 5.91 Å². The van der Waals surface area contributed by atoms with Crippen molar-refractivity contribution in [1.29, 1.82) is 0 Å². The van der Waals surface area contributed by atoms with Crippen molar-refractivity contribution in [3.8, 4) is 0 Å². The second-order valence-corrected chi connectivity index (χ2v) is 6.98. The zero-order chi connectivity index (χ0) is 14.1. The summed E-state index contributed by atoms with van der Waals surface area (Å²) < 4.78 is 0. The smallest absolute Gasteiger partial charge is 0.239 e. The Bertz CT molecular complexity index is 350. The Hall–Kier alpha value is -0.610. The van der Waals surface area contributed by atoms with Gasteiger partial charge >= 0.3 is 0 Å². The van der Waals surface area contributed by atoms with Gasteiger partial charge in [-0.3, -0.25) is 9.69 Å². The molecule has 2 saturated heterocycles. The molecule has 1 amide bonds. The zero-order valence-corrected chi connectivity index (χ0v) is 13.0. The van der Waals surface area contributed by atoms with Crippen molar-refractivity contribution in [2.45, 2.75) is 76.5 Å². The molecule has 0 spiro atoms. The largest absolute Gasteiger partial charge is 0.341 e. The molecule has 1 N–H and O–H groups in total. The Morgan fingerprint density at radius 1 is 1.20 bits per heavy atom. The van der Waals surface area contributed by atoms with Crippen LogP contribution in [-0.4, -0.2) is 59.5 Å². The van der Waals surface area contributed by atoms with Crippen LogP contribution in [0.2, 0.25) is 0 Å². The van der Waals surface area contributed by atoms with Crippen molar-refractivity contribution in [2.24, 2.45) is 0 Å². The summed E-state index contributed by atoms with van der Waals surface area (Å²) >= 11 is 0. The summed E-state index contributed by atoms with van der Waals surface area (Å²) in [6.45, 7) is 7.42. The lowest BCUT2D eigenvalue weighted by Crippen LogP contribution is -2.50. The first-order valence-corrected chi connectivity index (χ1v) is 8.45. The number of carbonyl (C=O) groups is 1. The highest BCUT2D eigenvalue weighted by Crippen LogP contribution is 2.33. The number of hydrogen-bond acceptors (Lipinski definition) is 3. The van der Waals surface area contributed by atoms with Crippen molar-refractivity contribution in [3.05, 3.63) is 0 Å². The summed E-state index contributed by atoms with van der Waals surface area (Å²) in [7, 11) is 0. The van der Waals surface area contributed by atoms with Gasteiger partial charge in [-0.1, -0.05) is 0 Å². The third-order valence-corrected chi connectivity index (χ3v) is 5.16. The SMILES string of the molecule is CC(NC1CC(C)N(C2CC2)C1)C(=O)N1CCCCC1. The summed E-state index contributed by atoms with van der Waals surface area (Å²) in [6, 6.07) is 1.99. The van der Waals surface area contributed by atoms with Crippen LogP contribution in [0.25, 0.3) is 0 Å². The lowest BCUT2D eigenvalue weighted by molar-refractivity contribution is -0.134. The van der Waals surface area contributed by atoms with Crippen LogP contribution < -0.4 is 5.32 Å². The maximum Gasteiger partial charge on any atom is 0.239 e. The second kappa shape index (κ2) is 6.02. The molecule has 0 aromatic rings. The predicted octanol–water partition coefficient (Wildman–Crippen LogP) is 1.60. The maximum atomic E-state index is 12.4. The fourth-order valence-corrected chi connectivity index (χ4v) is 3.90. The molecule has 1 aliphatic carbocycles. The molecule has 114 valence electrons. The summed E-state index contributed by atoms with van der Waals surface area (Å²) in [5.74, 6) is 0.308. The first-order valence-electron chi connectivity index (χ1n) is 8.45. The fourth-order valence-electron chi connectivity index (χ4n) is 3.90. The van der Waals surface area contributed by atoms with Gasteiger partial charge in [-0.05, 0) is 52.4 Å². The molecular formula is C16H29N3O. The number of hydrogen-bond donors (Lipinski definition) is 1. The first-order chi connectivity index (χ1) is 9.65. The van der Waals surface area contributed by atoms with Gasteiger partial charge in [0.05, 0.1) is 6.04 Å². The van der Waals surface area contributed by atoms with E-state index in [1.807, 2.05) is 6.92 Å². The zero-order valence-electron chi connectivity index (χ0n) is 13.0. The molecule has 3 unspecified atom stereocenters. The topological polar surface area (TPSA) is 35.6 Å². The molecule has 4 nitrogen and oxygen atoms in total. The molecule has 0 radical (unpaired) electrons. The van der Waals surface area contributed by atoms with E-state index in [2.05, 4.69) is 22.0 Å². The molecule has 3 atom stereocenters. The van der Waals surface area contributed by atoms with E-state index < -0.39 is 0 Å². The number of rotatable bonds is 4. The number of nitrogens with zero attached hydrogens (tertiary/aromatic N) is 2. The Morgan fingerprint density at radius 2 is 1.90 bits per heavy atom. The summed E-state index contributed by atoms with van der Waals surface area (Å²) in [4.78, 5) is 17.1. The first kappa shape index (κ1) is 14.3. The number of carbonyl (C=O) groups excluding carboxylic acids is 1. The van der Waals surface area contributed by atoms with Crippen molar-refractivity contribution >= 4 is 5.91 Å². The lowest BCUT2D eigenvalue weighted by atomic mass is 10.1. The monoisotopic (exact) mass is 279 g/mol. The van der Waals surface area contributed by atoms with Crippen LogP contribution in [0.5, 0.6) is 0 Å². The van der Waals surface area contributed by atoms with Crippen molar-refractivity contribution in [1.82, 2.24) is 15.1 Å². The number of likely N-dealkylation sites (tertiary alicyclic amines) is 2. The minimum atomic E-state index is -0.0237. The quantitative estimate of drug-likeness (QED) is 0.849. The number of nitrogens with one attached hydrogen (secondary N) is 1. The van der Waals surface area contributed by atoms with E-state index in [0.29, 0.717) is 18.0 Å². The summed E-state index contributed by atoms with van der Waals surface area (Å²) in [5, 5.41) is 3.59.